The van der Waals surface area contributed by atoms with Crippen LogP contribution in [0.1, 0.15) is 16.8 Å². The van der Waals surface area contributed by atoms with Gasteiger partial charge in [-0.3, -0.25) is 9.59 Å². The second kappa shape index (κ2) is 7.35. The summed E-state index contributed by atoms with van der Waals surface area (Å²) in [6, 6.07) is 6.20. The summed E-state index contributed by atoms with van der Waals surface area (Å²) in [5, 5.41) is -0.287. The molecule has 2 aromatic rings. The second-order valence-electron chi connectivity index (χ2n) is 4.90. The van der Waals surface area contributed by atoms with Gasteiger partial charge in [-0.2, -0.15) is 0 Å². The van der Waals surface area contributed by atoms with Crippen molar-refractivity contribution in [3.63, 3.8) is 0 Å². The Balaban J connectivity index is 2.42. The number of amides is 2. The monoisotopic (exact) mass is 356 g/mol. The summed E-state index contributed by atoms with van der Waals surface area (Å²) >= 11 is 5.81. The number of carbonyl (C=O) groups is 2. The van der Waals surface area contributed by atoms with E-state index in [-0.39, 0.29) is 29.2 Å². The molecule has 2 aromatic carbocycles. The third-order valence-electron chi connectivity index (χ3n) is 3.21. The maximum Gasteiger partial charge on any atom is 0.259 e. The molecule has 0 saturated heterocycles. The largest absolute Gasteiger partial charge is 0.370 e. The summed E-state index contributed by atoms with van der Waals surface area (Å²) in [5.41, 5.74) is 5.05. The third kappa shape index (κ3) is 4.05. The van der Waals surface area contributed by atoms with Gasteiger partial charge in [-0.15, -0.1) is 0 Å². The Morgan fingerprint density at radius 3 is 2.21 bits per heavy atom. The molecule has 0 heterocycles. The van der Waals surface area contributed by atoms with E-state index in [0.29, 0.717) is 12.1 Å². The van der Waals surface area contributed by atoms with Gasteiger partial charge in [-0.1, -0.05) is 11.6 Å². The molecule has 0 saturated carbocycles. The normalized spacial score (nSPS) is 10.5. The van der Waals surface area contributed by atoms with E-state index in [1.807, 2.05) is 0 Å². The van der Waals surface area contributed by atoms with Crippen LogP contribution >= 0.6 is 11.6 Å². The van der Waals surface area contributed by atoms with Crippen molar-refractivity contribution in [3.8, 4) is 0 Å². The highest BCUT2D eigenvalue weighted by molar-refractivity contribution is 6.34. The van der Waals surface area contributed by atoms with E-state index in [0.717, 1.165) is 17.0 Å². The molecule has 0 radical (unpaired) electrons. The van der Waals surface area contributed by atoms with E-state index >= 15 is 0 Å². The number of anilines is 1. The van der Waals surface area contributed by atoms with E-state index < -0.39 is 29.3 Å². The van der Waals surface area contributed by atoms with Crippen molar-refractivity contribution in [1.29, 1.82) is 0 Å². The van der Waals surface area contributed by atoms with Crippen LogP contribution in [0.2, 0.25) is 5.02 Å². The average molecular weight is 357 g/mol. The van der Waals surface area contributed by atoms with Crippen LogP contribution in [0, 0.1) is 17.5 Å². The number of halogens is 4. The number of rotatable bonds is 5. The van der Waals surface area contributed by atoms with E-state index in [1.165, 1.54) is 12.1 Å². The molecule has 4 nitrogen and oxygen atoms in total. The average Bonchev–Trinajstić information content (AvgIpc) is 2.52. The minimum Gasteiger partial charge on any atom is -0.370 e. The molecule has 2 rings (SSSR count). The highest BCUT2D eigenvalue weighted by Gasteiger charge is 2.22. The van der Waals surface area contributed by atoms with Gasteiger partial charge >= 0.3 is 0 Å². The van der Waals surface area contributed by atoms with Crippen LogP contribution < -0.4 is 10.6 Å². The molecule has 2 N–H and O–H groups in total. The fraction of sp³-hybridized carbons (Fsp3) is 0.125. The Morgan fingerprint density at radius 1 is 1.04 bits per heavy atom. The number of nitrogens with two attached hydrogens (primary N) is 1. The number of carbonyl (C=O) groups excluding carboxylic acids is 2. The standard InChI is InChI=1S/C16H12ClF3N2O2/c17-12-8-14(20)13(19)7-11(12)16(24)22(6-5-15(21)23)10-3-1-9(18)2-4-10/h1-4,7-8H,5-6H2,(H2,21,23). The Kier molecular flexibility index (Phi) is 5.46. The highest BCUT2D eigenvalue weighted by atomic mass is 35.5. The van der Waals surface area contributed by atoms with Gasteiger partial charge < -0.3 is 10.6 Å². The summed E-state index contributed by atoms with van der Waals surface area (Å²) in [6.07, 6.45) is -0.176. The quantitative estimate of drug-likeness (QED) is 0.836. The molecule has 0 aromatic heterocycles. The van der Waals surface area contributed by atoms with Gasteiger partial charge in [0.15, 0.2) is 11.6 Å². The Morgan fingerprint density at radius 2 is 1.62 bits per heavy atom. The predicted octanol–water partition coefficient (Wildman–Crippen LogP) is 3.28. The van der Waals surface area contributed by atoms with Gasteiger partial charge in [0.05, 0.1) is 10.6 Å². The summed E-state index contributed by atoms with van der Waals surface area (Å²) < 4.78 is 39.6. The van der Waals surface area contributed by atoms with Crippen LogP contribution in [0.25, 0.3) is 0 Å². The van der Waals surface area contributed by atoms with Crippen LogP contribution in [-0.2, 0) is 4.79 Å². The van der Waals surface area contributed by atoms with Gasteiger partial charge in [-0.05, 0) is 36.4 Å². The molecule has 0 aliphatic rings. The third-order valence-corrected chi connectivity index (χ3v) is 3.52. The first-order valence-corrected chi connectivity index (χ1v) is 7.17. The van der Waals surface area contributed by atoms with Crippen molar-refractivity contribution in [2.75, 3.05) is 11.4 Å². The summed E-state index contributed by atoms with van der Waals surface area (Å²) in [5.74, 6) is -4.39. The maximum atomic E-state index is 13.4. The molecule has 0 aliphatic carbocycles. The molecule has 2 amide bonds. The zero-order valence-electron chi connectivity index (χ0n) is 12.2. The lowest BCUT2D eigenvalue weighted by atomic mass is 10.1. The topological polar surface area (TPSA) is 63.4 Å². The first-order valence-electron chi connectivity index (χ1n) is 6.80. The fourth-order valence-corrected chi connectivity index (χ4v) is 2.25. The van der Waals surface area contributed by atoms with Gasteiger partial charge in [0.25, 0.3) is 5.91 Å². The van der Waals surface area contributed by atoms with Crippen molar-refractivity contribution < 1.29 is 22.8 Å². The van der Waals surface area contributed by atoms with Crippen LogP contribution in [-0.4, -0.2) is 18.4 Å². The minimum atomic E-state index is -1.24. The first-order chi connectivity index (χ1) is 11.3. The first kappa shape index (κ1) is 17.8. The summed E-state index contributed by atoms with van der Waals surface area (Å²) in [7, 11) is 0. The molecule has 0 fully saturated rings. The molecular formula is C16H12ClF3N2O2. The van der Waals surface area contributed by atoms with Crippen molar-refractivity contribution in [1.82, 2.24) is 0 Å². The number of nitrogens with zero attached hydrogens (tertiary/aromatic N) is 1. The van der Waals surface area contributed by atoms with Crippen LogP contribution in [0.15, 0.2) is 36.4 Å². The van der Waals surface area contributed by atoms with E-state index in [1.54, 1.807) is 0 Å². The van der Waals surface area contributed by atoms with Gasteiger partial charge in [-0.25, -0.2) is 13.2 Å². The Labute approximate surface area is 140 Å². The SMILES string of the molecule is NC(=O)CCN(C(=O)c1cc(F)c(F)cc1Cl)c1ccc(F)cc1. The number of hydrogen-bond donors (Lipinski definition) is 1. The van der Waals surface area contributed by atoms with E-state index in [4.69, 9.17) is 17.3 Å². The fourth-order valence-electron chi connectivity index (χ4n) is 2.02. The summed E-state index contributed by atoms with van der Waals surface area (Å²) in [6.45, 7) is -0.130. The minimum absolute atomic E-state index is 0.130. The molecule has 0 atom stereocenters. The number of primary amides is 1. The van der Waals surface area contributed by atoms with Crippen LogP contribution in [0.4, 0.5) is 18.9 Å². The van der Waals surface area contributed by atoms with Crippen molar-refractivity contribution in [2.45, 2.75) is 6.42 Å². The molecule has 0 aliphatic heterocycles. The molecule has 0 spiro atoms. The van der Waals surface area contributed by atoms with Crippen LogP contribution in [0.3, 0.4) is 0 Å². The van der Waals surface area contributed by atoms with Crippen molar-refractivity contribution in [2.24, 2.45) is 5.73 Å². The van der Waals surface area contributed by atoms with Gasteiger partial charge in [0.2, 0.25) is 5.91 Å². The van der Waals surface area contributed by atoms with Gasteiger partial charge in [0.1, 0.15) is 5.82 Å². The van der Waals surface area contributed by atoms with Crippen molar-refractivity contribution in [3.05, 3.63) is 64.4 Å². The van der Waals surface area contributed by atoms with Gasteiger partial charge in [0, 0.05) is 18.7 Å². The Hall–Kier alpha value is -2.54. The summed E-state index contributed by atoms with van der Waals surface area (Å²) in [4.78, 5) is 24.7. The lowest BCUT2D eigenvalue weighted by Crippen LogP contribution is -2.34. The maximum absolute atomic E-state index is 13.4. The van der Waals surface area contributed by atoms with E-state index in [9.17, 15) is 22.8 Å². The molecule has 0 bridgehead atoms. The van der Waals surface area contributed by atoms with Crippen LogP contribution in [0.5, 0.6) is 0 Å². The zero-order chi connectivity index (χ0) is 17.9. The lowest BCUT2D eigenvalue weighted by Gasteiger charge is -2.23. The lowest BCUT2D eigenvalue weighted by molar-refractivity contribution is -0.117. The number of benzene rings is 2. The molecular weight excluding hydrogens is 345 g/mol. The molecule has 0 unspecified atom stereocenters. The van der Waals surface area contributed by atoms with Crippen molar-refractivity contribution >= 4 is 29.1 Å². The van der Waals surface area contributed by atoms with E-state index in [2.05, 4.69) is 0 Å². The Bertz CT molecular complexity index is 782. The number of hydrogen-bond acceptors (Lipinski definition) is 2. The predicted molar refractivity (Wildman–Crippen MR) is 83.3 cm³/mol. The smallest absolute Gasteiger partial charge is 0.259 e. The molecule has 126 valence electrons. The second-order valence-corrected chi connectivity index (χ2v) is 5.30. The highest BCUT2D eigenvalue weighted by Crippen LogP contribution is 2.25. The molecule has 8 heteroatoms. The zero-order valence-corrected chi connectivity index (χ0v) is 13.0. The molecule has 24 heavy (non-hydrogen) atoms.